The first kappa shape index (κ1) is 14.1. The van der Waals surface area contributed by atoms with Gasteiger partial charge in [-0.15, -0.1) is 11.3 Å². The number of hydrogen-bond donors (Lipinski definition) is 0. The maximum atomic E-state index is 12.1. The summed E-state index contributed by atoms with van der Waals surface area (Å²) in [6, 6.07) is 0.132. The number of aromatic nitrogens is 1. The standard InChI is InChI=1S/C13H21N3O2S/c1-10-9-15(11-14-5-8-19-11)6-7-16(10)12(17)18-13(2,3)4/h5,8,10H,6-7,9H2,1-4H3/t10-/m0/s1. The first-order chi connectivity index (χ1) is 8.87. The highest BCUT2D eigenvalue weighted by molar-refractivity contribution is 7.13. The molecular formula is C13H21N3O2S. The molecule has 106 valence electrons. The second-order valence-electron chi connectivity index (χ2n) is 5.78. The molecule has 6 heteroatoms. The fourth-order valence-corrected chi connectivity index (χ4v) is 2.78. The number of anilines is 1. The van der Waals surface area contributed by atoms with E-state index in [2.05, 4.69) is 9.88 Å². The zero-order valence-corrected chi connectivity index (χ0v) is 12.7. The summed E-state index contributed by atoms with van der Waals surface area (Å²) in [5.74, 6) is 0. The number of carbonyl (C=O) groups is 1. The third-order valence-electron chi connectivity index (χ3n) is 2.95. The van der Waals surface area contributed by atoms with E-state index in [9.17, 15) is 4.79 Å². The van der Waals surface area contributed by atoms with Crippen LogP contribution >= 0.6 is 11.3 Å². The summed E-state index contributed by atoms with van der Waals surface area (Å²) in [7, 11) is 0. The zero-order valence-electron chi connectivity index (χ0n) is 11.9. The molecule has 0 saturated carbocycles. The number of amides is 1. The highest BCUT2D eigenvalue weighted by Gasteiger charge is 2.31. The molecule has 1 amide bonds. The van der Waals surface area contributed by atoms with Crippen molar-refractivity contribution in [2.24, 2.45) is 0 Å². The van der Waals surface area contributed by atoms with Crippen molar-refractivity contribution in [1.29, 1.82) is 0 Å². The Morgan fingerprint density at radius 3 is 2.74 bits per heavy atom. The Balaban J connectivity index is 1.95. The van der Waals surface area contributed by atoms with Crippen LogP contribution in [0.3, 0.4) is 0 Å². The van der Waals surface area contributed by atoms with Gasteiger partial charge in [0.1, 0.15) is 5.60 Å². The first-order valence-electron chi connectivity index (χ1n) is 6.51. The molecule has 0 unspecified atom stereocenters. The van der Waals surface area contributed by atoms with Gasteiger partial charge in [0.15, 0.2) is 5.13 Å². The van der Waals surface area contributed by atoms with Crippen LogP contribution in [-0.2, 0) is 4.74 Å². The summed E-state index contributed by atoms with van der Waals surface area (Å²) in [6.45, 7) is 9.99. The lowest BCUT2D eigenvalue weighted by Gasteiger charge is -2.40. The molecule has 0 aliphatic carbocycles. The second kappa shape index (κ2) is 5.36. The fourth-order valence-electron chi connectivity index (χ4n) is 2.10. The van der Waals surface area contributed by atoms with Crippen LogP contribution in [0, 0.1) is 0 Å². The molecule has 1 aliphatic rings. The molecule has 1 atom stereocenters. The van der Waals surface area contributed by atoms with Crippen molar-refractivity contribution in [1.82, 2.24) is 9.88 Å². The minimum atomic E-state index is -0.441. The molecule has 1 aliphatic heterocycles. The van der Waals surface area contributed by atoms with Crippen LogP contribution in [0.15, 0.2) is 11.6 Å². The fraction of sp³-hybridized carbons (Fsp3) is 0.692. The maximum absolute atomic E-state index is 12.1. The SMILES string of the molecule is C[C@H]1CN(c2nccs2)CCN1C(=O)OC(C)(C)C. The number of ether oxygens (including phenoxy) is 1. The van der Waals surface area contributed by atoms with Crippen LogP contribution < -0.4 is 4.90 Å². The highest BCUT2D eigenvalue weighted by Crippen LogP contribution is 2.22. The van der Waals surface area contributed by atoms with Crippen molar-refractivity contribution in [3.8, 4) is 0 Å². The van der Waals surface area contributed by atoms with E-state index in [0.29, 0.717) is 6.54 Å². The summed E-state index contributed by atoms with van der Waals surface area (Å²) >= 11 is 1.63. The van der Waals surface area contributed by atoms with Crippen LogP contribution in [0.4, 0.5) is 9.93 Å². The van der Waals surface area contributed by atoms with Gasteiger partial charge in [-0.3, -0.25) is 0 Å². The van der Waals surface area contributed by atoms with E-state index in [4.69, 9.17) is 4.74 Å². The van der Waals surface area contributed by atoms with E-state index in [0.717, 1.165) is 18.2 Å². The monoisotopic (exact) mass is 283 g/mol. The molecule has 0 N–H and O–H groups in total. The van der Waals surface area contributed by atoms with Crippen LogP contribution in [0.5, 0.6) is 0 Å². The predicted molar refractivity (Wildman–Crippen MR) is 76.7 cm³/mol. The molecule has 2 heterocycles. The summed E-state index contributed by atoms with van der Waals surface area (Å²) in [6.07, 6.45) is 1.59. The lowest BCUT2D eigenvalue weighted by Crippen LogP contribution is -2.55. The van der Waals surface area contributed by atoms with Crippen molar-refractivity contribution in [3.63, 3.8) is 0 Å². The summed E-state index contributed by atoms with van der Waals surface area (Å²) < 4.78 is 5.43. The number of hydrogen-bond acceptors (Lipinski definition) is 5. The Kier molecular flexibility index (Phi) is 3.99. The lowest BCUT2D eigenvalue weighted by atomic mass is 10.2. The molecule has 0 radical (unpaired) electrons. The van der Waals surface area contributed by atoms with Crippen molar-refractivity contribution < 1.29 is 9.53 Å². The Morgan fingerprint density at radius 2 is 2.21 bits per heavy atom. The zero-order chi connectivity index (χ0) is 14.0. The maximum Gasteiger partial charge on any atom is 0.410 e. The number of rotatable bonds is 1. The van der Waals surface area contributed by atoms with E-state index in [-0.39, 0.29) is 12.1 Å². The van der Waals surface area contributed by atoms with Crippen molar-refractivity contribution >= 4 is 22.6 Å². The molecule has 1 aromatic heterocycles. The largest absolute Gasteiger partial charge is 0.444 e. The molecule has 2 rings (SSSR count). The van der Waals surface area contributed by atoms with Crippen LogP contribution in [0.1, 0.15) is 27.7 Å². The Labute approximate surface area is 118 Å². The van der Waals surface area contributed by atoms with Gasteiger partial charge in [0, 0.05) is 37.3 Å². The van der Waals surface area contributed by atoms with Gasteiger partial charge in [-0.1, -0.05) is 0 Å². The normalized spacial score (nSPS) is 20.5. The number of nitrogens with zero attached hydrogens (tertiary/aromatic N) is 3. The van der Waals surface area contributed by atoms with Gasteiger partial charge in [0.25, 0.3) is 0 Å². The van der Waals surface area contributed by atoms with E-state index in [1.165, 1.54) is 0 Å². The molecule has 1 saturated heterocycles. The van der Waals surface area contributed by atoms with Gasteiger partial charge in [-0.05, 0) is 27.7 Å². The molecule has 1 fully saturated rings. The highest BCUT2D eigenvalue weighted by atomic mass is 32.1. The van der Waals surface area contributed by atoms with E-state index < -0.39 is 5.60 Å². The topological polar surface area (TPSA) is 45.7 Å². The summed E-state index contributed by atoms with van der Waals surface area (Å²) in [5.41, 5.74) is -0.441. The van der Waals surface area contributed by atoms with Gasteiger partial charge in [0.05, 0.1) is 0 Å². The van der Waals surface area contributed by atoms with Gasteiger partial charge in [0.2, 0.25) is 0 Å². The Hall–Kier alpha value is -1.30. The lowest BCUT2D eigenvalue weighted by molar-refractivity contribution is 0.0159. The summed E-state index contributed by atoms with van der Waals surface area (Å²) in [4.78, 5) is 20.4. The average Bonchev–Trinajstić information content (AvgIpc) is 2.79. The second-order valence-corrected chi connectivity index (χ2v) is 6.66. The Bertz CT molecular complexity index is 428. The summed E-state index contributed by atoms with van der Waals surface area (Å²) in [5, 5.41) is 3.00. The average molecular weight is 283 g/mol. The Morgan fingerprint density at radius 1 is 1.47 bits per heavy atom. The van der Waals surface area contributed by atoms with Gasteiger partial charge in [-0.2, -0.15) is 0 Å². The minimum Gasteiger partial charge on any atom is -0.444 e. The smallest absolute Gasteiger partial charge is 0.410 e. The van der Waals surface area contributed by atoms with E-state index in [1.54, 1.807) is 16.2 Å². The van der Waals surface area contributed by atoms with Crippen LogP contribution in [0.25, 0.3) is 0 Å². The number of piperazine rings is 1. The van der Waals surface area contributed by atoms with E-state index in [1.807, 2.05) is 39.3 Å². The van der Waals surface area contributed by atoms with Gasteiger partial charge >= 0.3 is 6.09 Å². The number of thiazole rings is 1. The van der Waals surface area contributed by atoms with Gasteiger partial charge < -0.3 is 14.5 Å². The number of carbonyl (C=O) groups excluding carboxylic acids is 1. The van der Waals surface area contributed by atoms with Crippen LogP contribution in [-0.4, -0.2) is 47.3 Å². The third kappa shape index (κ3) is 3.59. The molecule has 5 nitrogen and oxygen atoms in total. The predicted octanol–water partition coefficient (Wildman–Crippen LogP) is 2.59. The minimum absolute atomic E-state index is 0.132. The van der Waals surface area contributed by atoms with E-state index >= 15 is 0 Å². The van der Waals surface area contributed by atoms with Crippen molar-refractivity contribution in [2.45, 2.75) is 39.3 Å². The molecule has 0 aromatic carbocycles. The van der Waals surface area contributed by atoms with Gasteiger partial charge in [-0.25, -0.2) is 9.78 Å². The van der Waals surface area contributed by atoms with Crippen molar-refractivity contribution in [2.75, 3.05) is 24.5 Å². The first-order valence-corrected chi connectivity index (χ1v) is 7.39. The van der Waals surface area contributed by atoms with Crippen molar-refractivity contribution in [3.05, 3.63) is 11.6 Å². The molecule has 0 bridgehead atoms. The molecule has 1 aromatic rings. The molecule has 19 heavy (non-hydrogen) atoms. The molecule has 0 spiro atoms. The quantitative estimate of drug-likeness (QED) is 0.794. The van der Waals surface area contributed by atoms with Crippen LogP contribution in [0.2, 0.25) is 0 Å². The third-order valence-corrected chi connectivity index (χ3v) is 3.78. The molecular weight excluding hydrogens is 262 g/mol.